The molecule has 2 rings (SSSR count). The lowest BCUT2D eigenvalue weighted by atomic mass is 10.1. The zero-order valence-corrected chi connectivity index (χ0v) is 12.3. The highest BCUT2D eigenvalue weighted by Gasteiger charge is 2.11. The Hall–Kier alpha value is -2.76. The largest absolute Gasteiger partial charge is 0.379 e. The molecule has 0 aliphatic carbocycles. The Bertz CT molecular complexity index is 723. The van der Waals surface area contributed by atoms with Crippen LogP contribution in [0.5, 0.6) is 0 Å². The van der Waals surface area contributed by atoms with Crippen molar-refractivity contribution in [2.45, 2.75) is 19.8 Å². The van der Waals surface area contributed by atoms with Crippen molar-refractivity contribution in [3.8, 4) is 0 Å². The maximum absolute atomic E-state index is 12.0. The molecule has 1 heterocycles. The van der Waals surface area contributed by atoms with Gasteiger partial charge in [0.05, 0.1) is 0 Å². The minimum absolute atomic E-state index is 0.0293. The van der Waals surface area contributed by atoms with Gasteiger partial charge in [0.2, 0.25) is 0 Å². The number of aryl methyl sites for hydroxylation is 1. The van der Waals surface area contributed by atoms with E-state index in [0.717, 1.165) is 19.1 Å². The van der Waals surface area contributed by atoms with Crippen LogP contribution in [0, 0.1) is 5.41 Å². The van der Waals surface area contributed by atoms with Crippen molar-refractivity contribution >= 4 is 17.7 Å². The van der Waals surface area contributed by atoms with Crippen LogP contribution < -0.4 is 10.9 Å². The molecule has 0 spiro atoms. The molecule has 3 N–H and O–H groups in total. The molecule has 0 atom stereocenters. The average Bonchev–Trinajstić information content (AvgIpc) is 2.53. The monoisotopic (exact) mass is 298 g/mol. The molecule has 22 heavy (non-hydrogen) atoms. The van der Waals surface area contributed by atoms with E-state index in [1.54, 1.807) is 0 Å². The summed E-state index contributed by atoms with van der Waals surface area (Å²) in [4.78, 5) is 29.6. The van der Waals surface area contributed by atoms with E-state index in [4.69, 9.17) is 5.41 Å². The Morgan fingerprint density at radius 3 is 2.73 bits per heavy atom. The van der Waals surface area contributed by atoms with Gasteiger partial charge in [-0.2, -0.15) is 0 Å². The molecule has 0 saturated heterocycles. The second-order valence-corrected chi connectivity index (χ2v) is 4.89. The number of nitrogens with zero attached hydrogens (tertiary/aromatic N) is 1. The van der Waals surface area contributed by atoms with E-state index in [1.807, 2.05) is 18.2 Å². The van der Waals surface area contributed by atoms with Gasteiger partial charge in [-0.1, -0.05) is 30.3 Å². The number of hydrogen-bond donors (Lipinski definition) is 3. The number of hydrogen-bond acceptors (Lipinski definition) is 5. The first-order valence-electron chi connectivity index (χ1n) is 7.05. The first-order chi connectivity index (χ1) is 10.6. The van der Waals surface area contributed by atoms with Crippen molar-refractivity contribution in [1.29, 1.82) is 5.41 Å². The first kappa shape index (κ1) is 15.6. The molecule has 0 aliphatic rings. The summed E-state index contributed by atoms with van der Waals surface area (Å²) in [6.45, 7) is 1.90. The van der Waals surface area contributed by atoms with E-state index < -0.39 is 5.56 Å². The number of aromatic amines is 1. The topological polar surface area (TPSA) is 98.7 Å². The zero-order chi connectivity index (χ0) is 15.9. The molecule has 0 radical (unpaired) electrons. The normalized spacial score (nSPS) is 10.2. The fourth-order valence-corrected chi connectivity index (χ4v) is 2.08. The van der Waals surface area contributed by atoms with Crippen LogP contribution in [0.2, 0.25) is 0 Å². The quantitative estimate of drug-likeness (QED) is 0.413. The summed E-state index contributed by atoms with van der Waals surface area (Å²) in [7, 11) is 0. The Morgan fingerprint density at radius 1 is 1.36 bits per heavy atom. The summed E-state index contributed by atoms with van der Waals surface area (Å²) < 4.78 is 0. The van der Waals surface area contributed by atoms with Crippen LogP contribution >= 0.6 is 0 Å². The molecular weight excluding hydrogens is 280 g/mol. The molecule has 114 valence electrons. The van der Waals surface area contributed by atoms with Gasteiger partial charge in [-0.25, -0.2) is 4.98 Å². The second-order valence-electron chi connectivity index (χ2n) is 4.89. The van der Waals surface area contributed by atoms with E-state index in [1.165, 1.54) is 12.5 Å². The van der Waals surface area contributed by atoms with Gasteiger partial charge in [-0.05, 0) is 18.4 Å². The molecule has 0 unspecified atom stereocenters. The van der Waals surface area contributed by atoms with Gasteiger partial charge in [0, 0.05) is 19.7 Å². The summed E-state index contributed by atoms with van der Waals surface area (Å²) in [6, 6.07) is 10.1. The first-order valence-corrected chi connectivity index (χ1v) is 7.05. The molecule has 0 bridgehead atoms. The van der Waals surface area contributed by atoms with Crippen molar-refractivity contribution in [3.63, 3.8) is 0 Å². The zero-order valence-electron chi connectivity index (χ0n) is 12.3. The highest BCUT2D eigenvalue weighted by atomic mass is 16.1. The van der Waals surface area contributed by atoms with Crippen LogP contribution in [0.25, 0.3) is 0 Å². The molecule has 0 saturated carbocycles. The molecule has 1 aromatic heterocycles. The third-order valence-corrected chi connectivity index (χ3v) is 3.20. The number of H-pyrrole nitrogens is 1. The smallest absolute Gasteiger partial charge is 0.275 e. The van der Waals surface area contributed by atoms with Crippen LogP contribution in [0.1, 0.15) is 35.2 Å². The maximum atomic E-state index is 12.0. The Morgan fingerprint density at radius 2 is 2.09 bits per heavy atom. The number of nitrogens with one attached hydrogen (secondary N) is 3. The molecule has 0 amide bonds. The van der Waals surface area contributed by atoms with E-state index in [2.05, 4.69) is 27.4 Å². The summed E-state index contributed by atoms with van der Waals surface area (Å²) in [5, 5.41) is 10.3. The average molecular weight is 298 g/mol. The molecule has 6 nitrogen and oxygen atoms in total. The Balaban J connectivity index is 2.02. The Labute approximate surface area is 128 Å². The number of aromatic nitrogens is 2. The number of rotatable bonds is 7. The van der Waals surface area contributed by atoms with Crippen molar-refractivity contribution in [2.75, 3.05) is 11.9 Å². The highest BCUT2D eigenvalue weighted by molar-refractivity contribution is 5.92. The summed E-state index contributed by atoms with van der Waals surface area (Å²) in [5.74, 6) is -0.367. The number of carbonyl (C=O) groups excluding carboxylic acids is 1. The summed E-state index contributed by atoms with van der Waals surface area (Å²) in [5.41, 5.74) is 1.20. The number of carbonyl (C=O) groups is 1. The van der Waals surface area contributed by atoms with Crippen molar-refractivity contribution < 1.29 is 4.79 Å². The lowest BCUT2D eigenvalue weighted by Crippen LogP contribution is -2.22. The van der Waals surface area contributed by atoms with Gasteiger partial charge in [0.25, 0.3) is 5.56 Å². The van der Waals surface area contributed by atoms with Crippen LogP contribution in [-0.4, -0.2) is 28.5 Å². The minimum atomic E-state index is -0.432. The lowest BCUT2D eigenvalue weighted by molar-refractivity contribution is 0.100. The SMILES string of the molecule is CC(=O)c1nc(C=N)c(NCCCc2ccccc2)c(=O)[nH]1. The van der Waals surface area contributed by atoms with Crippen molar-refractivity contribution in [3.05, 3.63) is 57.8 Å². The maximum Gasteiger partial charge on any atom is 0.275 e. The van der Waals surface area contributed by atoms with E-state index in [-0.39, 0.29) is 23.0 Å². The molecule has 0 fully saturated rings. The third kappa shape index (κ3) is 3.88. The van der Waals surface area contributed by atoms with Crippen molar-refractivity contribution in [2.24, 2.45) is 0 Å². The van der Waals surface area contributed by atoms with Gasteiger partial charge in [-0.15, -0.1) is 0 Å². The van der Waals surface area contributed by atoms with Gasteiger partial charge >= 0.3 is 0 Å². The van der Waals surface area contributed by atoms with Gasteiger partial charge in [0.15, 0.2) is 11.6 Å². The predicted molar refractivity (Wildman–Crippen MR) is 86.0 cm³/mol. The molecule has 6 heteroatoms. The third-order valence-electron chi connectivity index (χ3n) is 3.20. The molecular formula is C16H18N4O2. The number of anilines is 1. The summed E-state index contributed by atoms with van der Waals surface area (Å²) >= 11 is 0. The van der Waals surface area contributed by atoms with Crippen molar-refractivity contribution in [1.82, 2.24) is 9.97 Å². The molecule has 1 aromatic carbocycles. The minimum Gasteiger partial charge on any atom is -0.379 e. The Kier molecular flexibility index (Phi) is 5.19. The van der Waals surface area contributed by atoms with Gasteiger partial charge < -0.3 is 15.7 Å². The highest BCUT2D eigenvalue weighted by Crippen LogP contribution is 2.07. The van der Waals surface area contributed by atoms with E-state index >= 15 is 0 Å². The standard InChI is InChI=1S/C16H18N4O2/c1-11(21)15-19-13(10-17)14(16(22)20-15)18-9-5-8-12-6-3-2-4-7-12/h2-4,6-7,10,17-18H,5,8-9H2,1H3,(H,19,20,22). The lowest BCUT2D eigenvalue weighted by Gasteiger charge is -2.08. The van der Waals surface area contributed by atoms with Gasteiger partial charge in [-0.3, -0.25) is 9.59 Å². The van der Waals surface area contributed by atoms with Gasteiger partial charge in [0.1, 0.15) is 11.4 Å². The van der Waals surface area contributed by atoms with Crippen LogP contribution in [0.3, 0.4) is 0 Å². The fraction of sp³-hybridized carbons (Fsp3) is 0.250. The van der Waals surface area contributed by atoms with Crippen LogP contribution in [-0.2, 0) is 6.42 Å². The predicted octanol–water partition coefficient (Wildman–Crippen LogP) is 2.01. The van der Waals surface area contributed by atoms with Crippen LogP contribution in [0.4, 0.5) is 5.69 Å². The van der Waals surface area contributed by atoms with E-state index in [0.29, 0.717) is 6.54 Å². The number of benzene rings is 1. The van der Waals surface area contributed by atoms with Crippen LogP contribution in [0.15, 0.2) is 35.1 Å². The molecule has 2 aromatic rings. The fourth-order valence-electron chi connectivity index (χ4n) is 2.08. The number of ketones is 1. The number of Topliss-reactive ketones (excluding diaryl/α,β-unsaturated/α-hetero) is 1. The molecule has 0 aliphatic heterocycles. The second kappa shape index (κ2) is 7.31. The van der Waals surface area contributed by atoms with E-state index in [9.17, 15) is 9.59 Å². The summed E-state index contributed by atoms with van der Waals surface area (Å²) in [6.07, 6.45) is 2.71.